The summed E-state index contributed by atoms with van der Waals surface area (Å²) in [4.78, 5) is 4.30. The summed E-state index contributed by atoms with van der Waals surface area (Å²) in [7, 11) is 0. The van der Waals surface area contributed by atoms with Crippen LogP contribution in [0, 0.1) is 5.82 Å². The lowest BCUT2D eigenvalue weighted by Crippen LogP contribution is -1.96. The largest absolute Gasteiger partial charge is 0.504 e. The maximum atomic E-state index is 12.9. The molecule has 0 aliphatic rings. The van der Waals surface area contributed by atoms with Gasteiger partial charge in [-0.15, -0.1) is 6.58 Å². The van der Waals surface area contributed by atoms with Crippen LogP contribution in [-0.4, -0.2) is 17.9 Å². The van der Waals surface area contributed by atoms with Crippen molar-refractivity contribution in [1.82, 2.24) is 0 Å². The van der Waals surface area contributed by atoms with Gasteiger partial charge in [0.25, 0.3) is 0 Å². The van der Waals surface area contributed by atoms with Gasteiger partial charge in [-0.05, 0) is 55.3 Å². The number of aliphatic imine (C=N–C) groups is 1. The van der Waals surface area contributed by atoms with Crippen molar-refractivity contribution in [3.63, 3.8) is 0 Å². The van der Waals surface area contributed by atoms with Crippen LogP contribution >= 0.6 is 0 Å². The van der Waals surface area contributed by atoms with E-state index in [4.69, 9.17) is 4.74 Å². The van der Waals surface area contributed by atoms with Crippen LogP contribution in [0.3, 0.4) is 0 Å². The molecule has 0 aromatic heterocycles. The number of ether oxygens (including phenoxy) is 1. The van der Waals surface area contributed by atoms with Gasteiger partial charge in [-0.2, -0.15) is 0 Å². The van der Waals surface area contributed by atoms with Gasteiger partial charge in [-0.1, -0.05) is 6.08 Å². The van der Waals surface area contributed by atoms with E-state index in [1.807, 2.05) is 13.0 Å². The fourth-order valence-corrected chi connectivity index (χ4v) is 2.02. The number of phenolic OH excluding ortho intramolecular Hbond substituents is 1. The molecule has 1 N–H and O–H groups in total. The van der Waals surface area contributed by atoms with Crippen LogP contribution in [0.15, 0.2) is 54.0 Å². The minimum absolute atomic E-state index is 0.126. The highest BCUT2D eigenvalue weighted by Gasteiger charge is 2.09. The topological polar surface area (TPSA) is 41.8 Å². The normalized spacial score (nSPS) is 10.8. The summed E-state index contributed by atoms with van der Waals surface area (Å²) in [6, 6.07) is 9.46. The second-order valence-corrected chi connectivity index (χ2v) is 4.69. The summed E-state index contributed by atoms with van der Waals surface area (Å²) in [5.41, 5.74) is 2.17. The summed E-state index contributed by atoms with van der Waals surface area (Å²) >= 11 is 0. The minimum atomic E-state index is -0.296. The van der Waals surface area contributed by atoms with E-state index >= 15 is 0 Å². The lowest BCUT2D eigenvalue weighted by Gasteiger charge is -2.10. The smallest absolute Gasteiger partial charge is 0.161 e. The van der Waals surface area contributed by atoms with Gasteiger partial charge in [-0.3, -0.25) is 4.99 Å². The number of rotatable bonds is 6. The zero-order valence-corrected chi connectivity index (χ0v) is 12.4. The molecule has 0 spiro atoms. The van der Waals surface area contributed by atoms with Crippen molar-refractivity contribution in [2.45, 2.75) is 13.3 Å². The van der Waals surface area contributed by atoms with Crippen LogP contribution in [0.5, 0.6) is 11.5 Å². The monoisotopic (exact) mass is 299 g/mol. The van der Waals surface area contributed by atoms with Crippen LogP contribution < -0.4 is 4.74 Å². The molecule has 22 heavy (non-hydrogen) atoms. The number of nitrogens with zero attached hydrogens (tertiary/aromatic N) is 1. The van der Waals surface area contributed by atoms with E-state index < -0.39 is 0 Å². The predicted octanol–water partition coefficient (Wildman–Crippen LogP) is 4.41. The van der Waals surface area contributed by atoms with Crippen molar-refractivity contribution >= 4 is 11.9 Å². The van der Waals surface area contributed by atoms with E-state index in [9.17, 15) is 9.50 Å². The number of allylic oxidation sites excluding steroid dienone is 1. The van der Waals surface area contributed by atoms with E-state index in [1.54, 1.807) is 30.5 Å². The van der Waals surface area contributed by atoms with E-state index in [0.29, 0.717) is 24.5 Å². The molecule has 0 aliphatic carbocycles. The van der Waals surface area contributed by atoms with Crippen LogP contribution in [0.1, 0.15) is 18.1 Å². The third-order valence-corrected chi connectivity index (χ3v) is 3.03. The second-order valence-electron chi connectivity index (χ2n) is 4.69. The summed E-state index contributed by atoms with van der Waals surface area (Å²) in [5.74, 6) is 0.249. The SMILES string of the molecule is C=CCc1cc(C=Nc2ccc(F)cc2)cc(OCC)c1O. The minimum Gasteiger partial charge on any atom is -0.504 e. The van der Waals surface area contributed by atoms with Crippen molar-refractivity contribution in [1.29, 1.82) is 0 Å². The molecule has 4 heteroatoms. The first-order valence-electron chi connectivity index (χ1n) is 7.03. The molecule has 0 bridgehead atoms. The molecule has 0 atom stereocenters. The Morgan fingerprint density at radius 1 is 1.27 bits per heavy atom. The lowest BCUT2D eigenvalue weighted by molar-refractivity contribution is 0.317. The Balaban J connectivity index is 2.32. The molecule has 0 heterocycles. The molecule has 2 aromatic carbocycles. The van der Waals surface area contributed by atoms with E-state index in [1.165, 1.54) is 12.1 Å². The Morgan fingerprint density at radius 3 is 2.64 bits per heavy atom. The Bertz CT molecular complexity index is 678. The number of halogens is 1. The quantitative estimate of drug-likeness (QED) is 0.634. The first kappa shape index (κ1) is 15.8. The average molecular weight is 299 g/mol. The maximum Gasteiger partial charge on any atom is 0.161 e. The van der Waals surface area contributed by atoms with E-state index in [2.05, 4.69) is 11.6 Å². The van der Waals surface area contributed by atoms with Gasteiger partial charge in [0.05, 0.1) is 12.3 Å². The lowest BCUT2D eigenvalue weighted by atomic mass is 10.1. The van der Waals surface area contributed by atoms with Gasteiger partial charge in [-0.25, -0.2) is 4.39 Å². The first-order valence-corrected chi connectivity index (χ1v) is 7.03. The first-order chi connectivity index (χ1) is 10.6. The van der Waals surface area contributed by atoms with Gasteiger partial charge in [0.2, 0.25) is 0 Å². The Labute approximate surface area is 129 Å². The van der Waals surface area contributed by atoms with Crippen LogP contribution in [0.2, 0.25) is 0 Å². The zero-order chi connectivity index (χ0) is 15.9. The van der Waals surface area contributed by atoms with Crippen molar-refractivity contribution in [2.24, 2.45) is 4.99 Å². The molecule has 0 saturated heterocycles. The maximum absolute atomic E-state index is 12.9. The highest BCUT2D eigenvalue weighted by atomic mass is 19.1. The average Bonchev–Trinajstić information content (AvgIpc) is 2.51. The summed E-state index contributed by atoms with van der Waals surface area (Å²) in [5, 5.41) is 10.1. The van der Waals surface area contributed by atoms with E-state index in [0.717, 1.165) is 11.1 Å². The van der Waals surface area contributed by atoms with Gasteiger partial charge in [0.15, 0.2) is 11.5 Å². The molecule has 2 aromatic rings. The highest BCUT2D eigenvalue weighted by Crippen LogP contribution is 2.32. The number of phenols is 1. The highest BCUT2D eigenvalue weighted by molar-refractivity contribution is 5.83. The molecule has 0 radical (unpaired) electrons. The molecular formula is C18H18FNO2. The second kappa shape index (κ2) is 7.41. The van der Waals surface area contributed by atoms with Crippen molar-refractivity contribution < 1.29 is 14.2 Å². The summed E-state index contributed by atoms with van der Waals surface area (Å²) in [6.07, 6.45) is 3.90. The van der Waals surface area contributed by atoms with Gasteiger partial charge >= 0.3 is 0 Å². The van der Waals surface area contributed by atoms with Crippen LogP contribution in [0.25, 0.3) is 0 Å². The molecule has 0 aliphatic heterocycles. The molecule has 0 unspecified atom stereocenters. The Morgan fingerprint density at radius 2 is 2.00 bits per heavy atom. The number of aromatic hydroxyl groups is 1. The molecule has 3 nitrogen and oxygen atoms in total. The van der Waals surface area contributed by atoms with Crippen molar-refractivity contribution in [3.8, 4) is 11.5 Å². The molecule has 114 valence electrons. The molecule has 0 fully saturated rings. The van der Waals surface area contributed by atoms with Crippen LogP contribution in [0.4, 0.5) is 10.1 Å². The van der Waals surface area contributed by atoms with Crippen LogP contribution in [-0.2, 0) is 6.42 Å². The third kappa shape index (κ3) is 3.95. The van der Waals surface area contributed by atoms with Gasteiger partial charge in [0.1, 0.15) is 5.82 Å². The fourth-order valence-electron chi connectivity index (χ4n) is 2.02. The van der Waals surface area contributed by atoms with Crippen molar-refractivity contribution in [2.75, 3.05) is 6.61 Å². The standard InChI is InChI=1S/C18H18FNO2/c1-3-5-14-10-13(11-17(18(14)21)22-4-2)12-20-16-8-6-15(19)7-9-16/h3,6-12,21H,1,4-5H2,2H3. The van der Waals surface area contributed by atoms with Gasteiger partial charge < -0.3 is 9.84 Å². The van der Waals surface area contributed by atoms with Crippen molar-refractivity contribution in [3.05, 3.63) is 66.0 Å². The fraction of sp³-hybridized carbons (Fsp3) is 0.167. The predicted molar refractivity (Wildman–Crippen MR) is 86.8 cm³/mol. The zero-order valence-electron chi connectivity index (χ0n) is 12.4. The molecule has 0 saturated carbocycles. The Hall–Kier alpha value is -2.62. The van der Waals surface area contributed by atoms with Gasteiger partial charge in [0, 0.05) is 11.8 Å². The molecular weight excluding hydrogens is 281 g/mol. The van der Waals surface area contributed by atoms with E-state index in [-0.39, 0.29) is 11.6 Å². The summed E-state index contributed by atoms with van der Waals surface area (Å²) in [6.45, 7) is 5.99. The number of hydrogen-bond acceptors (Lipinski definition) is 3. The number of benzene rings is 2. The number of hydrogen-bond donors (Lipinski definition) is 1. The molecule has 0 amide bonds. The third-order valence-electron chi connectivity index (χ3n) is 3.03. The summed E-state index contributed by atoms with van der Waals surface area (Å²) < 4.78 is 18.3. The molecule has 2 rings (SSSR count). The Kier molecular flexibility index (Phi) is 5.31.